The van der Waals surface area contributed by atoms with Gasteiger partial charge in [0.25, 0.3) is 0 Å². The lowest BCUT2D eigenvalue weighted by Gasteiger charge is -2.32. The van der Waals surface area contributed by atoms with E-state index < -0.39 is 0 Å². The smallest absolute Gasteiger partial charge is 0.339 e. The van der Waals surface area contributed by atoms with Crippen LogP contribution in [0.4, 0.5) is 5.69 Å². The lowest BCUT2D eigenvalue weighted by atomic mass is 10.0. The minimum absolute atomic E-state index is 0.225. The van der Waals surface area contributed by atoms with Crippen LogP contribution in [0.5, 0.6) is 5.75 Å². The minimum Gasteiger partial charge on any atom is -0.471 e. The van der Waals surface area contributed by atoms with Gasteiger partial charge >= 0.3 is 5.63 Å². The second-order valence-electron chi connectivity index (χ2n) is 7.15. The van der Waals surface area contributed by atoms with Gasteiger partial charge in [-0.15, -0.1) is 0 Å². The highest BCUT2D eigenvalue weighted by molar-refractivity contribution is 9.10. The standard InChI is InChI=1S/C21H17BrClNO3/c1-11-7-12(22)5-6-18(11)24-9-16-19-15(8-17(23)20(16)26-10-24)13-3-2-4-14(13)21(25)27-19/h5-8H,2-4,9-10H2,1H3. The van der Waals surface area contributed by atoms with Gasteiger partial charge in [-0.3, -0.25) is 0 Å². The number of fused-ring (bicyclic) bond motifs is 5. The van der Waals surface area contributed by atoms with Crippen LogP contribution in [0.1, 0.15) is 28.7 Å². The topological polar surface area (TPSA) is 42.7 Å². The van der Waals surface area contributed by atoms with Crippen LogP contribution in [0.15, 0.2) is 37.9 Å². The second-order valence-corrected chi connectivity index (χ2v) is 8.47. The van der Waals surface area contributed by atoms with Crippen molar-refractivity contribution in [3.63, 3.8) is 0 Å². The number of nitrogens with zero attached hydrogens (tertiary/aromatic N) is 1. The highest BCUT2D eigenvalue weighted by Gasteiger charge is 2.28. The molecule has 0 atom stereocenters. The molecule has 6 heteroatoms. The molecule has 3 aromatic rings. The summed E-state index contributed by atoms with van der Waals surface area (Å²) in [6.07, 6.45) is 2.65. The molecule has 0 unspecified atom stereocenters. The first-order chi connectivity index (χ1) is 13.0. The van der Waals surface area contributed by atoms with Crippen molar-refractivity contribution in [1.82, 2.24) is 0 Å². The summed E-state index contributed by atoms with van der Waals surface area (Å²) in [6.45, 7) is 3.05. The van der Waals surface area contributed by atoms with Crippen LogP contribution < -0.4 is 15.3 Å². The predicted octanol–water partition coefficient (Wildman–Crippen LogP) is 5.36. The van der Waals surface area contributed by atoms with Gasteiger partial charge < -0.3 is 14.1 Å². The van der Waals surface area contributed by atoms with Gasteiger partial charge in [0.2, 0.25) is 0 Å². The van der Waals surface area contributed by atoms with Crippen LogP contribution in [0, 0.1) is 6.92 Å². The summed E-state index contributed by atoms with van der Waals surface area (Å²) < 4.78 is 12.8. The molecule has 1 aliphatic carbocycles. The summed E-state index contributed by atoms with van der Waals surface area (Å²) in [5, 5.41) is 1.52. The van der Waals surface area contributed by atoms with E-state index in [0.29, 0.717) is 29.6 Å². The third kappa shape index (κ3) is 2.67. The molecule has 0 radical (unpaired) electrons. The molecule has 0 bridgehead atoms. The van der Waals surface area contributed by atoms with Crippen LogP contribution in [0.2, 0.25) is 5.02 Å². The van der Waals surface area contributed by atoms with Gasteiger partial charge in [-0.25, -0.2) is 4.79 Å². The predicted molar refractivity (Wildman–Crippen MR) is 110 cm³/mol. The van der Waals surface area contributed by atoms with Gasteiger partial charge in [0.05, 0.1) is 17.1 Å². The Morgan fingerprint density at radius 2 is 1.96 bits per heavy atom. The van der Waals surface area contributed by atoms with E-state index in [4.69, 9.17) is 20.8 Å². The summed E-state index contributed by atoms with van der Waals surface area (Å²) in [5.41, 5.74) is 5.35. The Bertz CT molecular complexity index is 1150. The third-order valence-electron chi connectivity index (χ3n) is 5.48. The van der Waals surface area contributed by atoms with Crippen LogP contribution in [-0.4, -0.2) is 6.73 Å². The molecule has 0 N–H and O–H groups in total. The van der Waals surface area contributed by atoms with Crippen molar-refractivity contribution in [3.05, 3.63) is 66.4 Å². The van der Waals surface area contributed by atoms with Crippen molar-refractivity contribution in [2.24, 2.45) is 0 Å². The van der Waals surface area contributed by atoms with Gasteiger partial charge in [-0.2, -0.15) is 0 Å². The van der Waals surface area contributed by atoms with Crippen molar-refractivity contribution >= 4 is 44.2 Å². The molecule has 0 spiro atoms. The SMILES string of the molecule is Cc1cc(Br)ccc1N1COc2c(Cl)cc3c4c(c(=O)oc3c2C1)CCC4. The zero-order chi connectivity index (χ0) is 18.7. The normalized spacial score (nSPS) is 15.6. The fourth-order valence-corrected chi connectivity index (χ4v) is 4.99. The molecule has 1 aromatic heterocycles. The van der Waals surface area contributed by atoms with E-state index in [9.17, 15) is 4.79 Å². The summed E-state index contributed by atoms with van der Waals surface area (Å²) in [5.74, 6) is 0.622. The van der Waals surface area contributed by atoms with Crippen molar-refractivity contribution in [2.45, 2.75) is 32.7 Å². The van der Waals surface area contributed by atoms with E-state index in [0.717, 1.165) is 57.1 Å². The quantitative estimate of drug-likeness (QED) is 0.472. The number of benzene rings is 2. The maximum atomic E-state index is 12.5. The number of anilines is 1. The Kier molecular flexibility index (Phi) is 3.99. The molecule has 0 saturated heterocycles. The molecule has 4 nitrogen and oxygen atoms in total. The molecular weight excluding hydrogens is 430 g/mol. The number of aryl methyl sites for hydroxylation is 2. The molecule has 2 aliphatic rings. The van der Waals surface area contributed by atoms with Gasteiger partial charge in [-0.05, 0) is 61.6 Å². The maximum absolute atomic E-state index is 12.5. The monoisotopic (exact) mass is 445 g/mol. The van der Waals surface area contributed by atoms with Gasteiger partial charge in [0.1, 0.15) is 11.3 Å². The molecule has 0 amide bonds. The van der Waals surface area contributed by atoms with Gasteiger partial charge in [0.15, 0.2) is 6.73 Å². The van der Waals surface area contributed by atoms with E-state index in [1.54, 1.807) is 0 Å². The van der Waals surface area contributed by atoms with E-state index in [1.807, 2.05) is 12.1 Å². The number of hydrogen-bond donors (Lipinski definition) is 0. The highest BCUT2D eigenvalue weighted by Crippen LogP contribution is 2.42. The molecular formula is C21H17BrClNO3. The zero-order valence-electron chi connectivity index (χ0n) is 14.8. The maximum Gasteiger partial charge on any atom is 0.339 e. The third-order valence-corrected chi connectivity index (χ3v) is 6.25. The molecule has 5 rings (SSSR count). The Hall–Kier alpha value is -1.98. The second kappa shape index (κ2) is 6.28. The number of halogens is 2. The molecule has 2 aromatic carbocycles. The Morgan fingerprint density at radius 1 is 1.15 bits per heavy atom. The number of ether oxygens (including phenoxy) is 1. The summed E-state index contributed by atoms with van der Waals surface area (Å²) in [6, 6.07) is 8.05. The highest BCUT2D eigenvalue weighted by atomic mass is 79.9. The van der Waals surface area contributed by atoms with E-state index in [2.05, 4.69) is 39.9 Å². The van der Waals surface area contributed by atoms with Crippen LogP contribution in [-0.2, 0) is 19.4 Å². The first-order valence-corrected chi connectivity index (χ1v) is 10.1. The lowest BCUT2D eigenvalue weighted by molar-refractivity contribution is 0.289. The first-order valence-electron chi connectivity index (χ1n) is 8.97. The number of rotatable bonds is 1. The molecule has 2 heterocycles. The molecule has 0 saturated carbocycles. The number of hydrogen-bond acceptors (Lipinski definition) is 4. The molecule has 1 aliphatic heterocycles. The van der Waals surface area contributed by atoms with Crippen LogP contribution in [0.3, 0.4) is 0 Å². The van der Waals surface area contributed by atoms with Crippen molar-refractivity contribution in [2.75, 3.05) is 11.6 Å². The Balaban J connectivity index is 1.69. The average Bonchev–Trinajstić information content (AvgIpc) is 3.14. The summed E-state index contributed by atoms with van der Waals surface area (Å²) >= 11 is 10.0. The van der Waals surface area contributed by atoms with Gasteiger partial charge in [0, 0.05) is 21.1 Å². The lowest BCUT2D eigenvalue weighted by Crippen LogP contribution is -2.32. The largest absolute Gasteiger partial charge is 0.471 e. The van der Waals surface area contributed by atoms with E-state index >= 15 is 0 Å². The molecule has 0 fully saturated rings. The average molecular weight is 447 g/mol. The van der Waals surface area contributed by atoms with Crippen molar-refractivity contribution < 1.29 is 9.15 Å². The van der Waals surface area contributed by atoms with Crippen molar-refractivity contribution in [1.29, 1.82) is 0 Å². The summed E-state index contributed by atoms with van der Waals surface area (Å²) in [4.78, 5) is 14.6. The van der Waals surface area contributed by atoms with Gasteiger partial charge in [-0.1, -0.05) is 27.5 Å². The fraction of sp³-hybridized carbons (Fsp3) is 0.286. The summed E-state index contributed by atoms with van der Waals surface area (Å²) in [7, 11) is 0. The van der Waals surface area contributed by atoms with E-state index in [-0.39, 0.29) is 5.63 Å². The van der Waals surface area contributed by atoms with Crippen LogP contribution >= 0.6 is 27.5 Å². The Labute approximate surface area is 169 Å². The minimum atomic E-state index is -0.225. The van der Waals surface area contributed by atoms with E-state index in [1.165, 1.54) is 0 Å². The van der Waals surface area contributed by atoms with Crippen molar-refractivity contribution in [3.8, 4) is 5.75 Å². The van der Waals surface area contributed by atoms with Crippen LogP contribution in [0.25, 0.3) is 11.0 Å². The molecule has 27 heavy (non-hydrogen) atoms. The Morgan fingerprint density at radius 3 is 2.78 bits per heavy atom. The molecule has 138 valence electrons. The first kappa shape index (κ1) is 17.1. The zero-order valence-corrected chi connectivity index (χ0v) is 17.1. The fourth-order valence-electron chi connectivity index (χ4n) is 4.24.